The van der Waals surface area contributed by atoms with Crippen molar-refractivity contribution in [1.82, 2.24) is 10.2 Å². The van der Waals surface area contributed by atoms with E-state index in [4.69, 9.17) is 13.9 Å². The topological polar surface area (TPSA) is 86.5 Å². The van der Waals surface area contributed by atoms with Crippen molar-refractivity contribution < 1.29 is 18.7 Å². The van der Waals surface area contributed by atoms with E-state index >= 15 is 0 Å². The van der Waals surface area contributed by atoms with Crippen LogP contribution in [0.1, 0.15) is 10.4 Å². The summed E-state index contributed by atoms with van der Waals surface area (Å²) < 4.78 is 15.9. The summed E-state index contributed by atoms with van der Waals surface area (Å²) in [7, 11) is 3.04. The quantitative estimate of drug-likeness (QED) is 0.661. The minimum absolute atomic E-state index is 0.0220. The number of thioether (sulfide) groups is 1. The Hall–Kier alpha value is -3.00. The summed E-state index contributed by atoms with van der Waals surface area (Å²) in [4.78, 5) is 13.5. The number of amides is 1. The molecule has 3 aromatic rings. The molecule has 0 saturated carbocycles. The van der Waals surface area contributed by atoms with Gasteiger partial charge in [0.05, 0.1) is 14.2 Å². The second-order valence-electron chi connectivity index (χ2n) is 5.16. The first-order valence-corrected chi connectivity index (χ1v) is 8.88. The first kappa shape index (κ1) is 17.8. The van der Waals surface area contributed by atoms with Crippen molar-refractivity contribution in [2.75, 3.05) is 25.8 Å². The third kappa shape index (κ3) is 3.80. The van der Waals surface area contributed by atoms with Crippen LogP contribution in [-0.4, -0.2) is 36.6 Å². The van der Waals surface area contributed by atoms with Crippen molar-refractivity contribution in [3.05, 3.63) is 48.0 Å². The molecule has 26 heavy (non-hydrogen) atoms. The summed E-state index contributed by atoms with van der Waals surface area (Å²) in [6.07, 6.45) is 2.00. The number of carbonyl (C=O) groups is 1. The maximum Gasteiger partial charge on any atom is 0.322 e. The van der Waals surface area contributed by atoms with Crippen LogP contribution in [0.2, 0.25) is 0 Å². The lowest BCUT2D eigenvalue weighted by molar-refractivity contribution is 0.102. The molecule has 0 atom stereocenters. The maximum atomic E-state index is 12.4. The minimum atomic E-state index is -0.390. The largest absolute Gasteiger partial charge is 0.493 e. The number of hydrogen-bond donors (Lipinski definition) is 1. The van der Waals surface area contributed by atoms with Crippen molar-refractivity contribution in [2.45, 2.75) is 4.90 Å². The molecule has 134 valence electrons. The molecule has 0 radical (unpaired) electrons. The van der Waals surface area contributed by atoms with Gasteiger partial charge in [0.1, 0.15) is 0 Å². The Morgan fingerprint density at radius 3 is 2.42 bits per heavy atom. The van der Waals surface area contributed by atoms with Gasteiger partial charge < -0.3 is 13.9 Å². The Bertz CT molecular complexity index is 909. The van der Waals surface area contributed by atoms with E-state index in [-0.39, 0.29) is 11.9 Å². The van der Waals surface area contributed by atoms with Gasteiger partial charge in [-0.15, -0.1) is 16.9 Å². The van der Waals surface area contributed by atoms with Gasteiger partial charge >= 0.3 is 6.01 Å². The number of ether oxygens (including phenoxy) is 2. The van der Waals surface area contributed by atoms with Crippen molar-refractivity contribution in [2.24, 2.45) is 0 Å². The average molecular weight is 371 g/mol. The van der Waals surface area contributed by atoms with E-state index in [1.165, 1.54) is 14.2 Å². The van der Waals surface area contributed by atoms with Crippen molar-refractivity contribution in [3.8, 4) is 23.0 Å². The van der Waals surface area contributed by atoms with Gasteiger partial charge in [-0.25, -0.2) is 0 Å². The molecule has 0 aliphatic rings. The zero-order chi connectivity index (χ0) is 18.5. The lowest BCUT2D eigenvalue weighted by Gasteiger charge is -2.08. The Morgan fingerprint density at radius 1 is 1.04 bits per heavy atom. The molecule has 1 N–H and O–H groups in total. The lowest BCUT2D eigenvalue weighted by Crippen LogP contribution is -2.12. The third-order valence-corrected chi connectivity index (χ3v) is 4.37. The van der Waals surface area contributed by atoms with Gasteiger partial charge in [0.25, 0.3) is 5.91 Å². The molecule has 1 heterocycles. The van der Waals surface area contributed by atoms with Crippen molar-refractivity contribution in [3.63, 3.8) is 0 Å². The maximum absolute atomic E-state index is 12.4. The highest BCUT2D eigenvalue weighted by Crippen LogP contribution is 2.28. The van der Waals surface area contributed by atoms with Gasteiger partial charge in [-0.05, 0) is 48.7 Å². The smallest absolute Gasteiger partial charge is 0.322 e. The third-order valence-electron chi connectivity index (χ3n) is 3.63. The first-order chi connectivity index (χ1) is 12.6. The Kier molecular flexibility index (Phi) is 5.43. The van der Waals surface area contributed by atoms with Gasteiger partial charge in [0.2, 0.25) is 5.89 Å². The molecular formula is C18H17N3O4S. The van der Waals surface area contributed by atoms with E-state index in [0.717, 1.165) is 10.5 Å². The van der Waals surface area contributed by atoms with Crippen LogP contribution in [0.25, 0.3) is 11.5 Å². The average Bonchev–Trinajstić information content (AvgIpc) is 3.15. The molecule has 3 rings (SSSR count). The molecular weight excluding hydrogens is 354 g/mol. The number of nitrogens with zero attached hydrogens (tertiary/aromatic N) is 2. The van der Waals surface area contributed by atoms with Crippen LogP contribution in [0.15, 0.2) is 51.8 Å². The Labute approximate surface area is 154 Å². The molecule has 2 aromatic carbocycles. The molecule has 0 aliphatic heterocycles. The number of hydrogen-bond acceptors (Lipinski definition) is 7. The van der Waals surface area contributed by atoms with E-state index in [9.17, 15) is 4.79 Å². The number of methoxy groups -OCH3 is 2. The number of carbonyl (C=O) groups excluding carboxylic acids is 1. The standard InChI is InChI=1S/C18H17N3O4S/c1-23-14-9-6-12(10-15(14)24-2)16(22)19-18-21-20-17(25-18)11-4-7-13(26-3)8-5-11/h4-10H,1-3H3,(H,19,21,22). The van der Waals surface area contributed by atoms with Gasteiger partial charge in [0, 0.05) is 16.0 Å². The summed E-state index contributed by atoms with van der Waals surface area (Å²) in [5.74, 6) is 0.942. The van der Waals surface area contributed by atoms with Crippen LogP contribution in [0.3, 0.4) is 0 Å². The number of anilines is 1. The summed E-state index contributed by atoms with van der Waals surface area (Å²) in [5.41, 5.74) is 1.16. The van der Waals surface area contributed by atoms with Crippen LogP contribution in [0.4, 0.5) is 6.01 Å². The van der Waals surface area contributed by atoms with E-state index in [0.29, 0.717) is 23.0 Å². The second-order valence-corrected chi connectivity index (χ2v) is 6.04. The molecule has 8 heteroatoms. The van der Waals surface area contributed by atoms with E-state index < -0.39 is 0 Å². The summed E-state index contributed by atoms with van der Waals surface area (Å²) in [6, 6.07) is 12.6. The molecule has 0 fully saturated rings. The highest BCUT2D eigenvalue weighted by atomic mass is 32.2. The molecule has 1 aromatic heterocycles. The highest BCUT2D eigenvalue weighted by molar-refractivity contribution is 7.98. The molecule has 1 amide bonds. The zero-order valence-corrected chi connectivity index (χ0v) is 15.3. The molecule has 0 unspecified atom stereocenters. The predicted molar refractivity (Wildman–Crippen MR) is 99.0 cm³/mol. The molecule has 0 spiro atoms. The zero-order valence-electron chi connectivity index (χ0n) is 14.5. The van der Waals surface area contributed by atoms with Crippen LogP contribution in [0, 0.1) is 0 Å². The summed E-state index contributed by atoms with van der Waals surface area (Å²) >= 11 is 1.65. The predicted octanol–water partition coefficient (Wildman–Crippen LogP) is 3.73. The van der Waals surface area contributed by atoms with Crippen LogP contribution in [0.5, 0.6) is 11.5 Å². The summed E-state index contributed by atoms with van der Waals surface area (Å²) in [6.45, 7) is 0. The second kappa shape index (κ2) is 7.92. The van der Waals surface area contributed by atoms with E-state index in [2.05, 4.69) is 15.5 Å². The van der Waals surface area contributed by atoms with Crippen LogP contribution in [-0.2, 0) is 0 Å². The Balaban J connectivity index is 1.75. The molecule has 0 saturated heterocycles. The fraction of sp³-hybridized carbons (Fsp3) is 0.167. The fourth-order valence-electron chi connectivity index (χ4n) is 2.27. The molecule has 7 nitrogen and oxygen atoms in total. The highest BCUT2D eigenvalue weighted by Gasteiger charge is 2.15. The van der Waals surface area contributed by atoms with Crippen LogP contribution >= 0.6 is 11.8 Å². The van der Waals surface area contributed by atoms with Crippen LogP contribution < -0.4 is 14.8 Å². The monoisotopic (exact) mass is 371 g/mol. The van der Waals surface area contributed by atoms with Crippen molar-refractivity contribution in [1.29, 1.82) is 0 Å². The number of rotatable bonds is 6. The number of aromatic nitrogens is 2. The number of nitrogens with one attached hydrogen (secondary N) is 1. The SMILES string of the molecule is COc1ccc(C(=O)Nc2nnc(-c3ccc(SC)cc3)o2)cc1OC. The molecule has 0 bridgehead atoms. The molecule has 0 aliphatic carbocycles. The van der Waals surface area contributed by atoms with Gasteiger partial charge in [-0.3, -0.25) is 10.1 Å². The normalized spacial score (nSPS) is 10.4. The van der Waals surface area contributed by atoms with E-state index in [1.54, 1.807) is 30.0 Å². The van der Waals surface area contributed by atoms with Gasteiger partial charge in [-0.2, -0.15) is 0 Å². The number of benzene rings is 2. The van der Waals surface area contributed by atoms with Gasteiger partial charge in [-0.1, -0.05) is 5.10 Å². The summed E-state index contributed by atoms with van der Waals surface area (Å²) in [5, 5.41) is 10.4. The van der Waals surface area contributed by atoms with E-state index in [1.807, 2.05) is 30.5 Å². The van der Waals surface area contributed by atoms with Gasteiger partial charge in [0.15, 0.2) is 11.5 Å². The lowest BCUT2D eigenvalue weighted by atomic mass is 10.2. The first-order valence-electron chi connectivity index (χ1n) is 7.66. The minimum Gasteiger partial charge on any atom is -0.493 e. The Morgan fingerprint density at radius 2 is 1.77 bits per heavy atom. The van der Waals surface area contributed by atoms with Crippen molar-refractivity contribution >= 4 is 23.7 Å². The fourth-order valence-corrected chi connectivity index (χ4v) is 2.68.